The van der Waals surface area contributed by atoms with E-state index in [4.69, 9.17) is 4.74 Å². The Labute approximate surface area is 174 Å². The van der Waals surface area contributed by atoms with Crippen molar-refractivity contribution in [3.63, 3.8) is 0 Å². The number of benzene rings is 2. The summed E-state index contributed by atoms with van der Waals surface area (Å²) in [7, 11) is 1.59. The third-order valence-electron chi connectivity index (χ3n) is 3.83. The van der Waals surface area contributed by atoms with Crippen molar-refractivity contribution < 1.29 is 27.4 Å². The van der Waals surface area contributed by atoms with Crippen LogP contribution in [0.3, 0.4) is 0 Å². The van der Waals surface area contributed by atoms with Crippen molar-refractivity contribution >= 4 is 28.5 Å². The summed E-state index contributed by atoms with van der Waals surface area (Å²) < 4.78 is 46.2. The first kappa shape index (κ1) is 21.4. The lowest BCUT2D eigenvalue weighted by molar-refractivity contribution is -0.153. The molecule has 0 atom stereocenters. The highest BCUT2D eigenvalue weighted by Gasteiger charge is 2.28. The monoisotopic (exact) mass is 434 g/mol. The van der Waals surface area contributed by atoms with Crippen LogP contribution in [0.4, 0.5) is 18.3 Å². The summed E-state index contributed by atoms with van der Waals surface area (Å²) in [5, 5.41) is 4.96. The molecule has 0 aliphatic heterocycles. The Morgan fingerprint density at radius 1 is 1.10 bits per heavy atom. The SMILES string of the molecule is COc1ccc(-c2csc(NC(=O)C=Cc3ccc(OCC(F)(F)F)cc3)n2)cc1. The highest BCUT2D eigenvalue weighted by molar-refractivity contribution is 7.14. The molecule has 0 unspecified atom stereocenters. The van der Waals surface area contributed by atoms with E-state index < -0.39 is 12.8 Å². The number of hydrogen-bond acceptors (Lipinski definition) is 5. The normalized spacial score (nSPS) is 11.5. The molecule has 2 aromatic carbocycles. The van der Waals surface area contributed by atoms with Gasteiger partial charge in [-0.05, 0) is 48.0 Å². The van der Waals surface area contributed by atoms with Crippen molar-refractivity contribution in [2.75, 3.05) is 19.0 Å². The molecule has 3 rings (SSSR count). The molecule has 0 radical (unpaired) electrons. The van der Waals surface area contributed by atoms with Gasteiger partial charge in [0.2, 0.25) is 5.91 Å². The lowest BCUT2D eigenvalue weighted by atomic mass is 10.2. The van der Waals surface area contributed by atoms with Crippen LogP contribution in [0.1, 0.15) is 5.56 Å². The summed E-state index contributed by atoms with van der Waals surface area (Å²) in [4.78, 5) is 16.5. The number of halogens is 3. The fraction of sp³-hybridized carbons (Fsp3) is 0.143. The molecule has 9 heteroatoms. The second kappa shape index (κ2) is 9.45. The molecule has 0 aliphatic carbocycles. The molecule has 0 bridgehead atoms. The van der Waals surface area contributed by atoms with Gasteiger partial charge < -0.3 is 9.47 Å². The van der Waals surface area contributed by atoms with Gasteiger partial charge in [-0.25, -0.2) is 4.98 Å². The van der Waals surface area contributed by atoms with Crippen molar-refractivity contribution in [2.45, 2.75) is 6.18 Å². The van der Waals surface area contributed by atoms with Crippen molar-refractivity contribution in [3.8, 4) is 22.8 Å². The third-order valence-corrected chi connectivity index (χ3v) is 4.59. The van der Waals surface area contributed by atoms with Gasteiger partial charge in [-0.15, -0.1) is 11.3 Å². The van der Waals surface area contributed by atoms with Gasteiger partial charge in [-0.1, -0.05) is 12.1 Å². The Kier molecular flexibility index (Phi) is 6.73. The number of rotatable bonds is 7. The van der Waals surface area contributed by atoms with Gasteiger partial charge in [0.25, 0.3) is 0 Å². The number of carbonyl (C=O) groups excluding carboxylic acids is 1. The predicted molar refractivity (Wildman–Crippen MR) is 110 cm³/mol. The topological polar surface area (TPSA) is 60.5 Å². The van der Waals surface area contributed by atoms with E-state index in [0.717, 1.165) is 17.0 Å². The van der Waals surface area contributed by atoms with Gasteiger partial charge in [0, 0.05) is 17.0 Å². The number of ether oxygens (including phenoxy) is 2. The number of anilines is 1. The lowest BCUT2D eigenvalue weighted by Crippen LogP contribution is -2.19. The van der Waals surface area contributed by atoms with Gasteiger partial charge in [0.1, 0.15) is 11.5 Å². The molecular weight excluding hydrogens is 417 g/mol. The molecule has 1 heterocycles. The Morgan fingerprint density at radius 2 is 1.77 bits per heavy atom. The fourth-order valence-electron chi connectivity index (χ4n) is 2.38. The number of nitrogens with zero attached hydrogens (tertiary/aromatic N) is 1. The number of amides is 1. The minimum atomic E-state index is -4.39. The molecule has 0 saturated heterocycles. The average Bonchev–Trinajstić information content (AvgIpc) is 3.19. The molecule has 1 aromatic heterocycles. The Balaban J connectivity index is 1.55. The standard InChI is InChI=1S/C21H17F3N2O3S/c1-28-16-9-5-15(6-10-16)18-12-30-20(25-18)26-19(27)11-4-14-2-7-17(8-3-14)29-13-21(22,23)24/h2-12H,13H2,1H3,(H,25,26,27). The second-order valence-electron chi connectivity index (χ2n) is 6.06. The Hall–Kier alpha value is -3.33. The fourth-order valence-corrected chi connectivity index (χ4v) is 3.11. The smallest absolute Gasteiger partial charge is 0.422 e. The summed E-state index contributed by atoms with van der Waals surface area (Å²) in [6.45, 7) is -1.35. The van der Waals surface area contributed by atoms with E-state index in [1.807, 2.05) is 29.6 Å². The zero-order valence-corrected chi connectivity index (χ0v) is 16.6. The van der Waals surface area contributed by atoms with E-state index in [2.05, 4.69) is 15.0 Å². The number of nitrogens with one attached hydrogen (secondary N) is 1. The van der Waals surface area contributed by atoms with Gasteiger partial charge in [-0.3, -0.25) is 10.1 Å². The number of carbonyl (C=O) groups is 1. The van der Waals surface area contributed by atoms with Crippen molar-refractivity contribution in [2.24, 2.45) is 0 Å². The van der Waals surface area contributed by atoms with Crippen LogP contribution >= 0.6 is 11.3 Å². The highest BCUT2D eigenvalue weighted by Crippen LogP contribution is 2.26. The van der Waals surface area contributed by atoms with Crippen LogP contribution in [0.15, 0.2) is 60.0 Å². The van der Waals surface area contributed by atoms with Crippen molar-refractivity contribution in [1.82, 2.24) is 4.98 Å². The number of hydrogen-bond donors (Lipinski definition) is 1. The summed E-state index contributed by atoms with van der Waals surface area (Å²) in [5.74, 6) is 0.471. The van der Waals surface area contributed by atoms with E-state index in [1.54, 1.807) is 25.3 Å². The van der Waals surface area contributed by atoms with Crippen LogP contribution in [-0.4, -0.2) is 30.8 Å². The summed E-state index contributed by atoms with van der Waals surface area (Å²) in [6.07, 6.45) is -1.53. The summed E-state index contributed by atoms with van der Waals surface area (Å²) in [5.41, 5.74) is 2.27. The minimum absolute atomic E-state index is 0.0998. The molecule has 1 N–H and O–H groups in total. The van der Waals surface area contributed by atoms with Gasteiger partial charge in [0.15, 0.2) is 11.7 Å². The van der Waals surface area contributed by atoms with E-state index in [-0.39, 0.29) is 11.7 Å². The first-order valence-corrected chi connectivity index (χ1v) is 9.59. The third kappa shape index (κ3) is 6.35. The van der Waals surface area contributed by atoms with E-state index >= 15 is 0 Å². The first-order chi connectivity index (χ1) is 14.3. The van der Waals surface area contributed by atoms with Crippen LogP contribution in [0.2, 0.25) is 0 Å². The largest absolute Gasteiger partial charge is 0.497 e. The van der Waals surface area contributed by atoms with Crippen LogP contribution in [-0.2, 0) is 4.79 Å². The molecule has 1 amide bonds. The van der Waals surface area contributed by atoms with E-state index in [1.165, 1.54) is 29.5 Å². The average molecular weight is 434 g/mol. The molecular formula is C21H17F3N2O3S. The van der Waals surface area contributed by atoms with E-state index in [0.29, 0.717) is 10.7 Å². The number of thiazole rings is 1. The quantitative estimate of drug-likeness (QED) is 0.505. The first-order valence-electron chi connectivity index (χ1n) is 8.71. The van der Waals surface area contributed by atoms with Gasteiger partial charge in [0.05, 0.1) is 12.8 Å². The maximum Gasteiger partial charge on any atom is 0.422 e. The number of aromatic nitrogens is 1. The number of alkyl halides is 3. The molecule has 156 valence electrons. The number of methoxy groups -OCH3 is 1. The highest BCUT2D eigenvalue weighted by atomic mass is 32.1. The van der Waals surface area contributed by atoms with Gasteiger partial charge >= 0.3 is 6.18 Å². The molecule has 3 aromatic rings. The Morgan fingerprint density at radius 3 is 2.40 bits per heavy atom. The second-order valence-corrected chi connectivity index (χ2v) is 6.92. The molecule has 0 aliphatic rings. The maximum atomic E-state index is 12.1. The predicted octanol–water partition coefficient (Wildman–Crippen LogP) is 5.41. The van der Waals surface area contributed by atoms with Crippen LogP contribution in [0, 0.1) is 0 Å². The molecule has 0 saturated carbocycles. The van der Waals surface area contributed by atoms with Crippen LogP contribution in [0.5, 0.6) is 11.5 Å². The zero-order valence-electron chi connectivity index (χ0n) is 15.8. The van der Waals surface area contributed by atoms with Crippen molar-refractivity contribution in [3.05, 3.63) is 65.6 Å². The lowest BCUT2D eigenvalue weighted by Gasteiger charge is -2.08. The molecule has 0 spiro atoms. The van der Waals surface area contributed by atoms with Crippen LogP contribution in [0.25, 0.3) is 17.3 Å². The van der Waals surface area contributed by atoms with Crippen LogP contribution < -0.4 is 14.8 Å². The zero-order chi connectivity index (χ0) is 21.6. The van der Waals surface area contributed by atoms with Crippen molar-refractivity contribution in [1.29, 1.82) is 0 Å². The summed E-state index contributed by atoms with van der Waals surface area (Å²) >= 11 is 1.30. The maximum absolute atomic E-state index is 12.1. The molecule has 30 heavy (non-hydrogen) atoms. The van der Waals surface area contributed by atoms with Gasteiger partial charge in [-0.2, -0.15) is 13.2 Å². The minimum Gasteiger partial charge on any atom is -0.497 e. The molecule has 5 nitrogen and oxygen atoms in total. The summed E-state index contributed by atoms with van der Waals surface area (Å²) in [6, 6.07) is 13.3. The molecule has 0 fully saturated rings. The Bertz CT molecular complexity index is 1010. The van der Waals surface area contributed by atoms with E-state index in [9.17, 15) is 18.0 Å².